The number of methoxy groups -OCH3 is 1. The molecule has 0 radical (unpaired) electrons. The molecule has 1 fully saturated rings. The molecule has 2 rings (SSSR count). The molecule has 0 unspecified atom stereocenters. The molecule has 0 atom stereocenters. The van der Waals surface area contributed by atoms with Gasteiger partial charge in [0.2, 0.25) is 5.88 Å². The van der Waals surface area contributed by atoms with Crippen LogP contribution in [0.25, 0.3) is 0 Å². The second kappa shape index (κ2) is 6.70. The summed E-state index contributed by atoms with van der Waals surface area (Å²) in [5, 5.41) is 13.3. The van der Waals surface area contributed by atoms with Gasteiger partial charge in [0, 0.05) is 12.7 Å². The Morgan fingerprint density at radius 1 is 1.40 bits per heavy atom. The highest BCUT2D eigenvalue weighted by Gasteiger charge is 2.28. The molecule has 0 aromatic carbocycles. The van der Waals surface area contributed by atoms with E-state index in [0.717, 1.165) is 38.5 Å². The van der Waals surface area contributed by atoms with E-state index in [1.165, 1.54) is 7.11 Å². The number of amides is 1. The van der Waals surface area contributed by atoms with Crippen LogP contribution >= 0.6 is 0 Å². The van der Waals surface area contributed by atoms with E-state index >= 15 is 0 Å². The normalized spacial score (nSPS) is 18.1. The van der Waals surface area contributed by atoms with Crippen molar-refractivity contribution < 1.29 is 14.6 Å². The predicted octanol–water partition coefficient (Wildman–Crippen LogP) is 1.91. The molecule has 1 heterocycles. The lowest BCUT2D eigenvalue weighted by atomic mass is 9.94. The minimum absolute atomic E-state index is 0.257. The average Bonchev–Trinajstić information content (AvgIpc) is 2.70. The molecule has 1 amide bonds. The molecule has 0 bridgehead atoms. The monoisotopic (exact) mass is 278 g/mol. The Morgan fingerprint density at radius 3 is 2.75 bits per heavy atom. The van der Waals surface area contributed by atoms with Crippen molar-refractivity contribution >= 4 is 5.91 Å². The molecule has 5 heteroatoms. The van der Waals surface area contributed by atoms with Gasteiger partial charge < -0.3 is 15.2 Å². The molecule has 1 aliphatic rings. The lowest BCUT2D eigenvalue weighted by Gasteiger charge is -2.26. The maximum atomic E-state index is 12.2. The Bertz CT molecular complexity index is 454. The number of aromatic nitrogens is 1. The largest absolute Gasteiger partial charge is 0.480 e. The maximum Gasteiger partial charge on any atom is 0.256 e. The Hall–Kier alpha value is -1.62. The van der Waals surface area contributed by atoms with Gasteiger partial charge >= 0.3 is 0 Å². The molecule has 1 aromatic heterocycles. The summed E-state index contributed by atoms with van der Waals surface area (Å²) in [4.78, 5) is 16.2. The summed E-state index contributed by atoms with van der Waals surface area (Å²) in [5.41, 5.74) is -0.381. The Morgan fingerprint density at radius 2 is 2.10 bits per heavy atom. The average molecular weight is 278 g/mol. The summed E-state index contributed by atoms with van der Waals surface area (Å²) in [7, 11) is 1.48. The molecule has 0 saturated heterocycles. The number of ether oxygens (including phenoxy) is 1. The van der Waals surface area contributed by atoms with Crippen LogP contribution in [-0.4, -0.2) is 35.3 Å². The molecule has 1 saturated carbocycles. The zero-order chi connectivity index (χ0) is 14.4. The maximum absolute atomic E-state index is 12.2. The summed E-state index contributed by atoms with van der Waals surface area (Å²) in [6.07, 6.45) is 7.42. The highest BCUT2D eigenvalue weighted by atomic mass is 16.5. The fourth-order valence-corrected chi connectivity index (χ4v) is 2.63. The number of rotatable bonds is 4. The number of aliphatic hydroxyl groups is 1. The van der Waals surface area contributed by atoms with E-state index < -0.39 is 5.60 Å². The first kappa shape index (κ1) is 14.8. The second-order valence-corrected chi connectivity index (χ2v) is 5.38. The van der Waals surface area contributed by atoms with Gasteiger partial charge in [0.05, 0.1) is 12.7 Å². The SMILES string of the molecule is COc1ncccc1C(=O)NCC1(O)CCCCCC1. The van der Waals surface area contributed by atoms with Crippen LogP contribution in [0, 0.1) is 0 Å². The van der Waals surface area contributed by atoms with Crippen LogP contribution in [0.1, 0.15) is 48.9 Å². The molecule has 5 nitrogen and oxygen atoms in total. The van der Waals surface area contributed by atoms with Crippen molar-refractivity contribution in [3.05, 3.63) is 23.9 Å². The van der Waals surface area contributed by atoms with E-state index in [0.29, 0.717) is 11.4 Å². The van der Waals surface area contributed by atoms with Crippen LogP contribution in [0.4, 0.5) is 0 Å². The molecular weight excluding hydrogens is 256 g/mol. The fraction of sp³-hybridized carbons (Fsp3) is 0.600. The van der Waals surface area contributed by atoms with Gasteiger partial charge in [-0.15, -0.1) is 0 Å². The molecule has 20 heavy (non-hydrogen) atoms. The predicted molar refractivity (Wildman–Crippen MR) is 75.8 cm³/mol. The van der Waals surface area contributed by atoms with Crippen LogP contribution in [0.2, 0.25) is 0 Å². The van der Waals surface area contributed by atoms with Crippen molar-refractivity contribution in [3.8, 4) is 5.88 Å². The first-order valence-corrected chi connectivity index (χ1v) is 7.14. The first-order chi connectivity index (χ1) is 9.64. The van der Waals surface area contributed by atoms with Gasteiger partial charge in [0.15, 0.2) is 0 Å². The molecule has 110 valence electrons. The van der Waals surface area contributed by atoms with Crippen molar-refractivity contribution in [2.45, 2.75) is 44.1 Å². The molecule has 2 N–H and O–H groups in total. The molecule has 0 spiro atoms. The van der Waals surface area contributed by atoms with E-state index in [1.807, 2.05) is 0 Å². The summed E-state index contributed by atoms with van der Waals surface area (Å²) in [6, 6.07) is 3.36. The lowest BCUT2D eigenvalue weighted by Crippen LogP contribution is -2.42. The molecule has 0 aliphatic heterocycles. The number of hydrogen-bond acceptors (Lipinski definition) is 4. The van der Waals surface area contributed by atoms with Crippen LogP contribution in [0.3, 0.4) is 0 Å². The number of pyridine rings is 1. The van der Waals surface area contributed by atoms with Crippen LogP contribution < -0.4 is 10.1 Å². The van der Waals surface area contributed by atoms with E-state index in [2.05, 4.69) is 10.3 Å². The minimum Gasteiger partial charge on any atom is -0.480 e. The quantitative estimate of drug-likeness (QED) is 0.825. The number of carbonyl (C=O) groups is 1. The van der Waals surface area contributed by atoms with Gasteiger partial charge in [0.1, 0.15) is 5.56 Å². The van der Waals surface area contributed by atoms with Crippen LogP contribution in [-0.2, 0) is 0 Å². The smallest absolute Gasteiger partial charge is 0.256 e. The second-order valence-electron chi connectivity index (χ2n) is 5.38. The number of hydrogen-bond donors (Lipinski definition) is 2. The van der Waals surface area contributed by atoms with Crippen molar-refractivity contribution in [2.75, 3.05) is 13.7 Å². The third-order valence-corrected chi connectivity index (χ3v) is 3.82. The number of nitrogens with one attached hydrogen (secondary N) is 1. The van der Waals surface area contributed by atoms with Crippen molar-refractivity contribution in [2.24, 2.45) is 0 Å². The van der Waals surface area contributed by atoms with Gasteiger partial charge in [-0.3, -0.25) is 4.79 Å². The van der Waals surface area contributed by atoms with E-state index in [1.54, 1.807) is 18.3 Å². The van der Waals surface area contributed by atoms with E-state index in [-0.39, 0.29) is 12.5 Å². The lowest BCUT2D eigenvalue weighted by molar-refractivity contribution is 0.0246. The summed E-state index contributed by atoms with van der Waals surface area (Å²) in [6.45, 7) is 0.282. The summed E-state index contributed by atoms with van der Waals surface area (Å²) < 4.78 is 5.07. The third kappa shape index (κ3) is 3.70. The van der Waals surface area contributed by atoms with Gasteiger partial charge in [-0.1, -0.05) is 25.7 Å². The van der Waals surface area contributed by atoms with E-state index in [9.17, 15) is 9.90 Å². The van der Waals surface area contributed by atoms with Gasteiger partial charge in [-0.05, 0) is 25.0 Å². The Kier molecular flexibility index (Phi) is 4.95. The van der Waals surface area contributed by atoms with E-state index in [4.69, 9.17) is 4.74 Å². The van der Waals surface area contributed by atoms with Crippen molar-refractivity contribution in [1.29, 1.82) is 0 Å². The zero-order valence-corrected chi connectivity index (χ0v) is 11.9. The van der Waals surface area contributed by atoms with Crippen LogP contribution in [0.15, 0.2) is 18.3 Å². The van der Waals surface area contributed by atoms with Crippen LogP contribution in [0.5, 0.6) is 5.88 Å². The summed E-state index contributed by atoms with van der Waals surface area (Å²) in [5.74, 6) is 0.0467. The van der Waals surface area contributed by atoms with Gasteiger partial charge in [-0.25, -0.2) is 4.98 Å². The molecule has 1 aliphatic carbocycles. The fourth-order valence-electron chi connectivity index (χ4n) is 2.63. The standard InChI is InChI=1S/C15H22N2O3/c1-20-14-12(7-6-10-16-14)13(18)17-11-15(19)8-4-2-3-5-9-15/h6-7,10,19H,2-5,8-9,11H2,1H3,(H,17,18). The Labute approximate surface area is 119 Å². The van der Waals surface area contributed by atoms with Gasteiger partial charge in [0.25, 0.3) is 5.91 Å². The first-order valence-electron chi connectivity index (χ1n) is 7.14. The molecular formula is C15H22N2O3. The third-order valence-electron chi connectivity index (χ3n) is 3.82. The highest BCUT2D eigenvalue weighted by Crippen LogP contribution is 2.26. The topological polar surface area (TPSA) is 71.5 Å². The summed E-state index contributed by atoms with van der Waals surface area (Å²) >= 11 is 0. The molecule has 1 aromatic rings. The minimum atomic E-state index is -0.776. The van der Waals surface area contributed by atoms with Crippen molar-refractivity contribution in [3.63, 3.8) is 0 Å². The number of nitrogens with zero attached hydrogens (tertiary/aromatic N) is 1. The van der Waals surface area contributed by atoms with Crippen molar-refractivity contribution in [1.82, 2.24) is 10.3 Å². The van der Waals surface area contributed by atoms with Gasteiger partial charge in [-0.2, -0.15) is 0 Å². The number of carbonyl (C=O) groups excluding carboxylic acids is 1. The zero-order valence-electron chi connectivity index (χ0n) is 11.9. The Balaban J connectivity index is 1.97. The highest BCUT2D eigenvalue weighted by molar-refractivity contribution is 5.96.